The fraction of sp³-hybridized carbons (Fsp3) is 0.364. The van der Waals surface area contributed by atoms with E-state index >= 15 is 0 Å². The molecule has 158 valence electrons. The van der Waals surface area contributed by atoms with Crippen molar-refractivity contribution in [2.45, 2.75) is 26.3 Å². The van der Waals surface area contributed by atoms with Crippen LogP contribution in [0, 0.1) is 12.8 Å². The molecule has 0 radical (unpaired) electrons. The minimum Gasteiger partial charge on any atom is -0.356 e. The van der Waals surface area contributed by atoms with E-state index in [4.69, 9.17) is 4.98 Å². The van der Waals surface area contributed by atoms with Gasteiger partial charge in [-0.15, -0.1) is 0 Å². The summed E-state index contributed by atoms with van der Waals surface area (Å²) >= 11 is 0. The van der Waals surface area contributed by atoms with Gasteiger partial charge in [0, 0.05) is 50.7 Å². The van der Waals surface area contributed by atoms with E-state index in [2.05, 4.69) is 25.0 Å². The Morgan fingerprint density at radius 1 is 1.13 bits per heavy atom. The van der Waals surface area contributed by atoms with E-state index < -0.39 is 0 Å². The molecule has 9 nitrogen and oxygen atoms in total. The van der Waals surface area contributed by atoms with Crippen LogP contribution >= 0.6 is 0 Å². The molecule has 0 amide bonds. The number of anilines is 1. The minimum absolute atomic E-state index is 0.0206. The number of aromatic nitrogens is 7. The van der Waals surface area contributed by atoms with Gasteiger partial charge in [-0.3, -0.25) is 19.0 Å². The first-order valence-corrected chi connectivity index (χ1v) is 10.5. The standard InChI is InChI=1S/C22H24N8O/c1-15-26-21-18(12-25-28(21)2)22(27-15)29-9-5-16(6-10-29)13-30-14-24-19(11-20(30)31)17-3-7-23-8-4-17/h3-4,7-8,11-12,14,16H,5-6,9-10,13H2,1-2H3. The molecular formula is C22H24N8O. The maximum atomic E-state index is 12.6. The Labute approximate surface area is 179 Å². The highest BCUT2D eigenvalue weighted by molar-refractivity contribution is 5.87. The summed E-state index contributed by atoms with van der Waals surface area (Å²) in [6.45, 7) is 4.38. The van der Waals surface area contributed by atoms with Crippen LogP contribution in [0.2, 0.25) is 0 Å². The van der Waals surface area contributed by atoms with Crippen molar-refractivity contribution in [1.29, 1.82) is 0 Å². The van der Waals surface area contributed by atoms with Crippen molar-refractivity contribution < 1.29 is 0 Å². The molecule has 0 N–H and O–H groups in total. The summed E-state index contributed by atoms with van der Waals surface area (Å²) in [5.74, 6) is 2.13. The normalized spacial score (nSPS) is 15.0. The van der Waals surface area contributed by atoms with Gasteiger partial charge in [-0.1, -0.05) is 0 Å². The Hall–Kier alpha value is -3.62. The zero-order valence-corrected chi connectivity index (χ0v) is 17.6. The van der Waals surface area contributed by atoms with Crippen LogP contribution in [-0.2, 0) is 13.6 Å². The Morgan fingerprint density at radius 3 is 2.65 bits per heavy atom. The molecule has 4 aromatic rings. The highest BCUT2D eigenvalue weighted by Crippen LogP contribution is 2.28. The van der Waals surface area contributed by atoms with Crippen LogP contribution in [0.4, 0.5) is 5.82 Å². The van der Waals surface area contributed by atoms with E-state index in [1.54, 1.807) is 34.0 Å². The molecule has 0 atom stereocenters. The third-order valence-electron chi connectivity index (χ3n) is 5.91. The van der Waals surface area contributed by atoms with Gasteiger partial charge in [0.15, 0.2) is 5.65 Å². The SMILES string of the molecule is Cc1nc(N2CCC(Cn3cnc(-c4ccncc4)cc3=O)CC2)c2cnn(C)c2n1. The highest BCUT2D eigenvalue weighted by atomic mass is 16.1. The molecule has 1 saturated heterocycles. The summed E-state index contributed by atoms with van der Waals surface area (Å²) in [6, 6.07) is 5.32. The van der Waals surface area contributed by atoms with Crippen molar-refractivity contribution in [2.75, 3.05) is 18.0 Å². The van der Waals surface area contributed by atoms with Gasteiger partial charge in [0.2, 0.25) is 0 Å². The maximum absolute atomic E-state index is 12.6. The number of nitrogens with zero attached hydrogens (tertiary/aromatic N) is 8. The molecule has 5 heterocycles. The Morgan fingerprint density at radius 2 is 1.90 bits per heavy atom. The van der Waals surface area contributed by atoms with E-state index in [-0.39, 0.29) is 5.56 Å². The predicted octanol–water partition coefficient (Wildman–Crippen LogP) is 2.21. The fourth-order valence-corrected chi connectivity index (χ4v) is 4.20. The van der Waals surface area contributed by atoms with Gasteiger partial charge in [-0.05, 0) is 37.8 Å². The fourth-order valence-electron chi connectivity index (χ4n) is 4.20. The lowest BCUT2D eigenvalue weighted by Crippen LogP contribution is -2.37. The third kappa shape index (κ3) is 3.78. The average Bonchev–Trinajstić information content (AvgIpc) is 3.16. The molecule has 0 aromatic carbocycles. The van der Waals surface area contributed by atoms with Crippen molar-refractivity contribution in [3.05, 3.63) is 59.3 Å². The van der Waals surface area contributed by atoms with Crippen LogP contribution in [0.25, 0.3) is 22.3 Å². The van der Waals surface area contributed by atoms with Crippen LogP contribution in [0.1, 0.15) is 18.7 Å². The minimum atomic E-state index is -0.0206. The molecule has 0 aliphatic carbocycles. The van der Waals surface area contributed by atoms with Crippen LogP contribution < -0.4 is 10.5 Å². The Kier molecular flexibility index (Phi) is 4.93. The molecule has 1 aliphatic heterocycles. The zero-order chi connectivity index (χ0) is 21.4. The lowest BCUT2D eigenvalue weighted by Gasteiger charge is -2.33. The second-order valence-electron chi connectivity index (χ2n) is 8.03. The van der Waals surface area contributed by atoms with Gasteiger partial charge in [-0.25, -0.2) is 15.0 Å². The Bertz CT molecular complexity index is 1270. The summed E-state index contributed by atoms with van der Waals surface area (Å²) < 4.78 is 3.51. The van der Waals surface area contributed by atoms with Gasteiger partial charge < -0.3 is 4.90 Å². The van der Waals surface area contributed by atoms with E-state index in [0.717, 1.165) is 54.2 Å². The van der Waals surface area contributed by atoms with E-state index in [1.165, 1.54) is 0 Å². The first-order chi connectivity index (χ1) is 15.1. The molecule has 5 rings (SSSR count). The van der Waals surface area contributed by atoms with Gasteiger partial charge >= 0.3 is 0 Å². The van der Waals surface area contributed by atoms with E-state index in [9.17, 15) is 4.79 Å². The van der Waals surface area contributed by atoms with Gasteiger partial charge in [-0.2, -0.15) is 5.10 Å². The second-order valence-corrected chi connectivity index (χ2v) is 8.03. The summed E-state index contributed by atoms with van der Waals surface area (Å²) in [7, 11) is 1.90. The van der Waals surface area contributed by atoms with Crippen molar-refractivity contribution >= 4 is 16.9 Å². The zero-order valence-electron chi connectivity index (χ0n) is 17.6. The van der Waals surface area contributed by atoms with Crippen LogP contribution in [0.5, 0.6) is 0 Å². The summed E-state index contributed by atoms with van der Waals surface area (Å²) in [4.78, 5) is 32.6. The number of aryl methyl sites for hydroxylation is 2. The first kappa shape index (κ1) is 19.3. The number of pyridine rings is 1. The van der Waals surface area contributed by atoms with Crippen molar-refractivity contribution in [2.24, 2.45) is 13.0 Å². The average molecular weight is 416 g/mol. The Balaban J connectivity index is 1.28. The molecule has 1 fully saturated rings. The quantitative estimate of drug-likeness (QED) is 0.503. The topological polar surface area (TPSA) is 94.6 Å². The molecule has 0 unspecified atom stereocenters. The van der Waals surface area contributed by atoms with E-state index in [1.807, 2.05) is 32.3 Å². The molecule has 4 aromatic heterocycles. The smallest absolute Gasteiger partial charge is 0.253 e. The maximum Gasteiger partial charge on any atom is 0.253 e. The lowest BCUT2D eigenvalue weighted by atomic mass is 9.96. The molecular weight excluding hydrogens is 392 g/mol. The molecule has 0 spiro atoms. The number of hydrogen-bond donors (Lipinski definition) is 0. The van der Waals surface area contributed by atoms with Crippen LogP contribution in [0.3, 0.4) is 0 Å². The van der Waals surface area contributed by atoms with Crippen LogP contribution in [-0.4, -0.2) is 47.4 Å². The summed E-state index contributed by atoms with van der Waals surface area (Å²) in [5.41, 5.74) is 2.41. The number of hydrogen-bond acceptors (Lipinski definition) is 7. The highest BCUT2D eigenvalue weighted by Gasteiger charge is 2.23. The summed E-state index contributed by atoms with van der Waals surface area (Å²) in [6.07, 6.45) is 8.89. The van der Waals surface area contributed by atoms with Gasteiger partial charge in [0.25, 0.3) is 5.56 Å². The van der Waals surface area contributed by atoms with Gasteiger partial charge in [0.05, 0.1) is 23.6 Å². The van der Waals surface area contributed by atoms with Gasteiger partial charge in [0.1, 0.15) is 11.6 Å². The molecule has 1 aliphatic rings. The summed E-state index contributed by atoms with van der Waals surface area (Å²) in [5, 5.41) is 5.33. The van der Waals surface area contributed by atoms with Crippen molar-refractivity contribution in [1.82, 2.24) is 34.3 Å². The number of rotatable bonds is 4. The first-order valence-electron chi connectivity index (χ1n) is 10.5. The van der Waals surface area contributed by atoms with Crippen molar-refractivity contribution in [3.8, 4) is 11.3 Å². The molecule has 31 heavy (non-hydrogen) atoms. The monoisotopic (exact) mass is 416 g/mol. The largest absolute Gasteiger partial charge is 0.356 e. The lowest BCUT2D eigenvalue weighted by molar-refractivity contribution is 0.350. The third-order valence-corrected chi connectivity index (χ3v) is 5.91. The molecule has 0 saturated carbocycles. The van der Waals surface area contributed by atoms with Crippen molar-refractivity contribution in [3.63, 3.8) is 0 Å². The number of fused-ring (bicyclic) bond motifs is 1. The van der Waals surface area contributed by atoms with Crippen LogP contribution in [0.15, 0.2) is 47.9 Å². The predicted molar refractivity (Wildman–Crippen MR) is 118 cm³/mol. The molecule has 9 heteroatoms. The molecule has 0 bridgehead atoms. The second kappa shape index (κ2) is 7.90. The number of piperidine rings is 1. The van der Waals surface area contributed by atoms with E-state index in [0.29, 0.717) is 18.2 Å².